The number of rotatable bonds is 54. The Balaban J connectivity index is 4.13. The summed E-state index contributed by atoms with van der Waals surface area (Å²) in [5, 5.41) is 0. The van der Waals surface area contributed by atoms with Crippen molar-refractivity contribution >= 4 is 17.9 Å². The van der Waals surface area contributed by atoms with E-state index in [1.165, 1.54) is 212 Å². The van der Waals surface area contributed by atoms with Crippen molar-refractivity contribution in [2.45, 2.75) is 329 Å². The van der Waals surface area contributed by atoms with Crippen LogP contribution in [-0.4, -0.2) is 37.2 Å². The van der Waals surface area contributed by atoms with Crippen molar-refractivity contribution in [3.63, 3.8) is 0 Å². The van der Waals surface area contributed by atoms with Crippen molar-refractivity contribution in [3.8, 4) is 0 Å². The van der Waals surface area contributed by atoms with Gasteiger partial charge in [0, 0.05) is 19.3 Å². The summed E-state index contributed by atoms with van der Waals surface area (Å²) in [5.41, 5.74) is 0. The fraction of sp³-hybridized carbons (Fsp3) is 0.883. The number of hydrogen-bond donors (Lipinski definition) is 0. The van der Waals surface area contributed by atoms with E-state index in [1.54, 1.807) is 0 Å². The predicted molar refractivity (Wildman–Crippen MR) is 284 cm³/mol. The molecule has 0 aromatic heterocycles. The van der Waals surface area contributed by atoms with Gasteiger partial charge in [-0.15, -0.1) is 0 Å². The summed E-state index contributed by atoms with van der Waals surface area (Å²) in [5.74, 6) is -0.865. The molecular weight excluding hydrogens is 817 g/mol. The monoisotopic (exact) mass is 929 g/mol. The van der Waals surface area contributed by atoms with Crippen LogP contribution in [0.5, 0.6) is 0 Å². The predicted octanol–water partition coefficient (Wildman–Crippen LogP) is 19.5. The molecule has 0 aromatic carbocycles. The van der Waals surface area contributed by atoms with E-state index < -0.39 is 6.10 Å². The summed E-state index contributed by atoms with van der Waals surface area (Å²) in [4.78, 5) is 37.9. The molecule has 0 amide bonds. The third-order valence-corrected chi connectivity index (χ3v) is 13.2. The number of unbranched alkanes of at least 4 members (excludes halogenated alkanes) is 39. The van der Waals surface area contributed by atoms with Crippen LogP contribution in [0.2, 0.25) is 0 Å². The van der Waals surface area contributed by atoms with E-state index in [2.05, 4.69) is 45.1 Å². The standard InChI is InChI=1S/C60H112O6/c1-4-7-10-13-16-18-20-22-24-26-28-29-30-31-32-34-35-37-39-41-44-47-50-53-59(62)65-56-57(55-64-58(61)52-49-46-43-15-12-9-6-3)66-60(63)54-51-48-45-42-40-38-36-33-27-25-23-21-19-17-14-11-8-5-2/h19,21,25,27,57H,4-18,20,22-24,26,28-56H2,1-3H3/b21-19-,27-25-. The molecule has 0 radical (unpaired) electrons. The highest BCUT2D eigenvalue weighted by Crippen LogP contribution is 2.17. The Labute approximate surface area is 411 Å². The SMILES string of the molecule is CCCCCC/C=C\C/C=C\CCCCCCCCCC(=O)OC(COC(=O)CCCCCCCCC)COC(=O)CCCCCCCCCCCCCCCCCCCCCCCCC. The van der Waals surface area contributed by atoms with Gasteiger partial charge < -0.3 is 14.2 Å². The Morgan fingerprint density at radius 3 is 0.848 bits per heavy atom. The maximum absolute atomic E-state index is 12.8. The fourth-order valence-corrected chi connectivity index (χ4v) is 8.77. The molecule has 388 valence electrons. The summed E-state index contributed by atoms with van der Waals surface area (Å²) in [6, 6.07) is 0. The fourth-order valence-electron chi connectivity index (χ4n) is 8.77. The number of esters is 3. The molecule has 0 bridgehead atoms. The van der Waals surface area contributed by atoms with Gasteiger partial charge in [-0.1, -0.05) is 276 Å². The van der Waals surface area contributed by atoms with Crippen LogP contribution in [0.15, 0.2) is 24.3 Å². The smallest absolute Gasteiger partial charge is 0.306 e. The van der Waals surface area contributed by atoms with E-state index in [0.29, 0.717) is 19.3 Å². The first-order valence-electron chi connectivity index (χ1n) is 29.3. The van der Waals surface area contributed by atoms with E-state index in [4.69, 9.17) is 14.2 Å². The van der Waals surface area contributed by atoms with Crippen LogP contribution < -0.4 is 0 Å². The lowest BCUT2D eigenvalue weighted by atomic mass is 10.0. The van der Waals surface area contributed by atoms with E-state index in [0.717, 1.165) is 70.6 Å². The summed E-state index contributed by atoms with van der Waals surface area (Å²) in [6.07, 6.45) is 64.8. The molecule has 1 atom stereocenters. The van der Waals surface area contributed by atoms with Crippen molar-refractivity contribution in [1.82, 2.24) is 0 Å². The average molecular weight is 930 g/mol. The van der Waals surface area contributed by atoms with Gasteiger partial charge in [-0.05, 0) is 51.4 Å². The molecule has 0 rings (SSSR count). The summed E-state index contributed by atoms with van der Waals surface area (Å²) in [7, 11) is 0. The molecule has 6 nitrogen and oxygen atoms in total. The Morgan fingerprint density at radius 1 is 0.303 bits per heavy atom. The highest BCUT2D eigenvalue weighted by Gasteiger charge is 2.19. The zero-order valence-electron chi connectivity index (χ0n) is 44.5. The zero-order chi connectivity index (χ0) is 47.9. The zero-order valence-corrected chi connectivity index (χ0v) is 44.5. The molecule has 0 saturated heterocycles. The van der Waals surface area contributed by atoms with Gasteiger partial charge in [0.2, 0.25) is 0 Å². The van der Waals surface area contributed by atoms with Gasteiger partial charge in [0.1, 0.15) is 13.2 Å². The normalized spacial score (nSPS) is 12.1. The third kappa shape index (κ3) is 52.9. The van der Waals surface area contributed by atoms with Crippen molar-refractivity contribution in [2.75, 3.05) is 13.2 Å². The molecule has 1 unspecified atom stereocenters. The molecule has 0 aliphatic heterocycles. The first-order chi connectivity index (χ1) is 32.5. The number of hydrogen-bond acceptors (Lipinski definition) is 6. The molecule has 0 aliphatic carbocycles. The molecule has 0 aromatic rings. The highest BCUT2D eigenvalue weighted by atomic mass is 16.6. The number of carbonyl (C=O) groups is 3. The minimum Gasteiger partial charge on any atom is -0.462 e. The molecule has 0 fully saturated rings. The molecule has 6 heteroatoms. The lowest BCUT2D eigenvalue weighted by molar-refractivity contribution is -0.167. The van der Waals surface area contributed by atoms with Crippen LogP contribution >= 0.6 is 0 Å². The quantitative estimate of drug-likeness (QED) is 0.0262. The minimum atomic E-state index is -0.769. The van der Waals surface area contributed by atoms with Crippen LogP contribution in [0.25, 0.3) is 0 Å². The summed E-state index contributed by atoms with van der Waals surface area (Å²) < 4.78 is 16.8. The molecule has 0 aliphatic rings. The second-order valence-electron chi connectivity index (χ2n) is 19.9. The van der Waals surface area contributed by atoms with Crippen molar-refractivity contribution in [1.29, 1.82) is 0 Å². The first-order valence-corrected chi connectivity index (χ1v) is 29.3. The number of ether oxygens (including phenoxy) is 3. The topological polar surface area (TPSA) is 78.9 Å². The Hall–Kier alpha value is -2.11. The Bertz CT molecular complexity index is 1070. The minimum absolute atomic E-state index is 0.0698. The molecular formula is C60H112O6. The van der Waals surface area contributed by atoms with Crippen LogP contribution in [0, 0.1) is 0 Å². The molecule has 0 heterocycles. The van der Waals surface area contributed by atoms with Crippen molar-refractivity contribution in [2.24, 2.45) is 0 Å². The largest absolute Gasteiger partial charge is 0.462 e. The maximum Gasteiger partial charge on any atom is 0.306 e. The second kappa shape index (κ2) is 55.5. The van der Waals surface area contributed by atoms with Crippen LogP contribution in [0.3, 0.4) is 0 Å². The van der Waals surface area contributed by atoms with E-state index in [-0.39, 0.29) is 31.1 Å². The van der Waals surface area contributed by atoms with E-state index in [9.17, 15) is 14.4 Å². The first kappa shape index (κ1) is 63.9. The molecule has 0 spiro atoms. The van der Waals surface area contributed by atoms with Crippen molar-refractivity contribution in [3.05, 3.63) is 24.3 Å². The van der Waals surface area contributed by atoms with Crippen LogP contribution in [0.1, 0.15) is 323 Å². The van der Waals surface area contributed by atoms with Gasteiger partial charge in [-0.25, -0.2) is 0 Å². The Kier molecular flexibility index (Phi) is 53.7. The molecule has 0 saturated carbocycles. The van der Waals surface area contributed by atoms with Gasteiger partial charge in [-0.2, -0.15) is 0 Å². The van der Waals surface area contributed by atoms with Crippen LogP contribution in [-0.2, 0) is 28.6 Å². The number of allylic oxidation sites excluding steroid dienone is 4. The van der Waals surface area contributed by atoms with Gasteiger partial charge in [0.15, 0.2) is 6.10 Å². The molecule has 66 heavy (non-hydrogen) atoms. The lowest BCUT2D eigenvalue weighted by Crippen LogP contribution is -2.30. The average Bonchev–Trinajstić information content (AvgIpc) is 3.31. The maximum atomic E-state index is 12.8. The second-order valence-corrected chi connectivity index (χ2v) is 19.9. The van der Waals surface area contributed by atoms with Gasteiger partial charge in [0.05, 0.1) is 0 Å². The Morgan fingerprint density at radius 2 is 0.545 bits per heavy atom. The summed E-state index contributed by atoms with van der Waals surface area (Å²) >= 11 is 0. The van der Waals surface area contributed by atoms with Gasteiger partial charge >= 0.3 is 17.9 Å². The van der Waals surface area contributed by atoms with Crippen molar-refractivity contribution < 1.29 is 28.6 Å². The van der Waals surface area contributed by atoms with E-state index in [1.807, 2.05) is 0 Å². The van der Waals surface area contributed by atoms with Crippen LogP contribution in [0.4, 0.5) is 0 Å². The highest BCUT2D eigenvalue weighted by molar-refractivity contribution is 5.71. The summed E-state index contributed by atoms with van der Waals surface area (Å²) in [6.45, 7) is 6.62. The molecule has 0 N–H and O–H groups in total. The lowest BCUT2D eigenvalue weighted by Gasteiger charge is -2.18. The van der Waals surface area contributed by atoms with Gasteiger partial charge in [-0.3, -0.25) is 14.4 Å². The number of carbonyl (C=O) groups excluding carboxylic acids is 3. The van der Waals surface area contributed by atoms with Gasteiger partial charge in [0.25, 0.3) is 0 Å². The third-order valence-electron chi connectivity index (χ3n) is 13.2. The van der Waals surface area contributed by atoms with E-state index >= 15 is 0 Å².